The number of aryl methyl sites for hydroxylation is 2. The number of carbonyl (C=O) groups is 2. The topological polar surface area (TPSA) is 108 Å². The Bertz CT molecular complexity index is 946. The molecule has 2 aromatic rings. The van der Waals surface area contributed by atoms with Crippen molar-refractivity contribution in [2.75, 3.05) is 17.2 Å². The maximum Gasteiger partial charge on any atom is 0.243 e. The van der Waals surface area contributed by atoms with Gasteiger partial charge in [-0.25, -0.2) is 13.4 Å². The molecule has 2 N–H and O–H groups in total. The molecule has 0 radical (unpaired) electrons. The molecule has 1 aromatic carbocycles. The van der Waals surface area contributed by atoms with Crippen molar-refractivity contribution < 1.29 is 18.0 Å². The summed E-state index contributed by atoms with van der Waals surface area (Å²) in [6.07, 6.45) is 0. The van der Waals surface area contributed by atoms with Crippen molar-refractivity contribution in [3.63, 3.8) is 0 Å². The molecule has 0 bridgehead atoms. The lowest BCUT2D eigenvalue weighted by atomic mass is 10.3. The van der Waals surface area contributed by atoms with E-state index in [1.807, 2.05) is 13.8 Å². The molecule has 1 heterocycles. The summed E-state index contributed by atoms with van der Waals surface area (Å²) in [6.45, 7) is 8.19. The monoisotopic (exact) mass is 424 g/mol. The molecule has 0 fully saturated rings. The van der Waals surface area contributed by atoms with Gasteiger partial charge in [-0.3, -0.25) is 9.59 Å². The van der Waals surface area contributed by atoms with Gasteiger partial charge in [0.1, 0.15) is 0 Å². The van der Waals surface area contributed by atoms with Crippen LogP contribution in [0, 0.1) is 13.8 Å². The van der Waals surface area contributed by atoms with Gasteiger partial charge in [-0.2, -0.15) is 4.31 Å². The van der Waals surface area contributed by atoms with E-state index in [9.17, 15) is 18.0 Å². The van der Waals surface area contributed by atoms with Gasteiger partial charge in [-0.05, 0) is 52.0 Å². The lowest BCUT2D eigenvalue weighted by molar-refractivity contribution is -0.116. The summed E-state index contributed by atoms with van der Waals surface area (Å²) < 4.78 is 27.1. The fourth-order valence-corrected chi connectivity index (χ4v) is 4.84. The number of thiazole rings is 1. The number of carbonyl (C=O) groups excluding carboxylic acids is 2. The quantitative estimate of drug-likeness (QED) is 0.710. The molecular formula is C18H24N4O4S2. The van der Waals surface area contributed by atoms with Crippen LogP contribution in [-0.4, -0.2) is 42.1 Å². The van der Waals surface area contributed by atoms with E-state index in [2.05, 4.69) is 15.6 Å². The summed E-state index contributed by atoms with van der Waals surface area (Å²) in [5.74, 6) is -0.704. The molecule has 28 heavy (non-hydrogen) atoms. The van der Waals surface area contributed by atoms with E-state index in [1.54, 1.807) is 13.8 Å². The molecule has 152 valence electrons. The van der Waals surface area contributed by atoms with Crippen molar-refractivity contribution in [2.45, 2.75) is 45.6 Å². The normalized spacial score (nSPS) is 11.7. The fraction of sp³-hybridized carbons (Fsp3) is 0.389. The van der Waals surface area contributed by atoms with Gasteiger partial charge in [-0.1, -0.05) is 0 Å². The van der Waals surface area contributed by atoms with Crippen molar-refractivity contribution in [1.82, 2.24) is 9.29 Å². The summed E-state index contributed by atoms with van der Waals surface area (Å²) in [5, 5.41) is 5.69. The van der Waals surface area contributed by atoms with Crippen LogP contribution in [0.2, 0.25) is 0 Å². The summed E-state index contributed by atoms with van der Waals surface area (Å²) >= 11 is 1.34. The van der Waals surface area contributed by atoms with Crippen molar-refractivity contribution in [3.8, 4) is 0 Å². The molecule has 0 saturated heterocycles. The lowest BCUT2D eigenvalue weighted by Crippen LogP contribution is -2.42. The third-order valence-corrected chi connectivity index (χ3v) is 6.96. The second-order valence-electron chi connectivity index (χ2n) is 6.56. The Morgan fingerprint density at radius 3 is 2.21 bits per heavy atom. The highest BCUT2D eigenvalue weighted by atomic mass is 32.2. The molecule has 0 aliphatic heterocycles. The molecule has 0 spiro atoms. The number of sulfonamides is 1. The minimum absolute atomic E-state index is 0.0454. The predicted molar refractivity (Wildman–Crippen MR) is 110 cm³/mol. The minimum Gasteiger partial charge on any atom is -0.326 e. The minimum atomic E-state index is -3.89. The molecular weight excluding hydrogens is 400 g/mol. The van der Waals surface area contributed by atoms with Crippen molar-refractivity contribution in [2.24, 2.45) is 0 Å². The van der Waals surface area contributed by atoms with Crippen molar-refractivity contribution in [1.29, 1.82) is 0 Å². The SMILES string of the molecule is CC(=O)Nc1ccc(S(=O)(=O)N(CC(=O)Nc2nc(C)c(C)s2)C(C)C)cc1. The zero-order valence-electron chi connectivity index (χ0n) is 16.4. The number of amides is 2. The number of hydrogen-bond donors (Lipinski definition) is 2. The van der Waals surface area contributed by atoms with Crippen LogP contribution in [0.15, 0.2) is 29.2 Å². The number of hydrogen-bond acceptors (Lipinski definition) is 6. The van der Waals surface area contributed by atoms with Gasteiger partial charge < -0.3 is 10.6 Å². The first-order valence-corrected chi connectivity index (χ1v) is 10.9. The van der Waals surface area contributed by atoms with E-state index >= 15 is 0 Å². The number of rotatable bonds is 7. The second-order valence-corrected chi connectivity index (χ2v) is 9.65. The number of anilines is 2. The summed E-state index contributed by atoms with van der Waals surface area (Å²) in [7, 11) is -3.89. The lowest BCUT2D eigenvalue weighted by Gasteiger charge is -2.25. The first-order valence-electron chi connectivity index (χ1n) is 8.64. The van der Waals surface area contributed by atoms with Crippen LogP contribution in [0.4, 0.5) is 10.8 Å². The molecule has 2 rings (SSSR count). The number of aromatic nitrogens is 1. The summed E-state index contributed by atoms with van der Waals surface area (Å²) in [5.41, 5.74) is 1.32. The molecule has 0 unspecified atom stereocenters. The standard InChI is InChI=1S/C18H24N4O4S2/c1-11(2)22(10-17(24)21-18-19-12(3)13(4)27-18)28(25,26)16-8-6-15(7-9-16)20-14(5)23/h6-9,11H,10H2,1-5H3,(H,20,23)(H,19,21,24). The van der Waals surface area contributed by atoms with Crippen LogP contribution in [0.3, 0.4) is 0 Å². The maximum atomic E-state index is 13.0. The van der Waals surface area contributed by atoms with Crippen LogP contribution in [0.1, 0.15) is 31.3 Å². The highest BCUT2D eigenvalue weighted by molar-refractivity contribution is 7.89. The van der Waals surface area contributed by atoms with Gasteiger partial charge in [0.15, 0.2) is 5.13 Å². The Balaban J connectivity index is 2.18. The molecule has 1 aromatic heterocycles. The number of benzene rings is 1. The zero-order chi connectivity index (χ0) is 21.1. The van der Waals surface area contributed by atoms with Gasteiger partial charge in [0.25, 0.3) is 0 Å². The molecule has 8 nitrogen and oxygen atoms in total. The highest BCUT2D eigenvalue weighted by Crippen LogP contribution is 2.23. The van der Waals surface area contributed by atoms with Gasteiger partial charge in [0.05, 0.1) is 17.1 Å². The summed E-state index contributed by atoms with van der Waals surface area (Å²) in [4.78, 5) is 28.8. The van der Waals surface area contributed by atoms with Crippen LogP contribution >= 0.6 is 11.3 Å². The van der Waals surface area contributed by atoms with Gasteiger partial charge in [-0.15, -0.1) is 11.3 Å². The second kappa shape index (κ2) is 8.80. The Hall–Kier alpha value is -2.30. The van der Waals surface area contributed by atoms with Crippen molar-refractivity contribution in [3.05, 3.63) is 34.8 Å². The first-order chi connectivity index (χ1) is 13.0. The Morgan fingerprint density at radius 2 is 1.75 bits per heavy atom. The van der Waals surface area contributed by atoms with E-state index in [0.717, 1.165) is 14.9 Å². The van der Waals surface area contributed by atoms with Gasteiger partial charge in [0, 0.05) is 23.5 Å². The van der Waals surface area contributed by atoms with E-state index in [1.165, 1.54) is 42.5 Å². The Morgan fingerprint density at radius 1 is 1.14 bits per heavy atom. The Labute approximate surface area is 169 Å². The smallest absolute Gasteiger partial charge is 0.243 e. The van der Waals surface area contributed by atoms with E-state index in [4.69, 9.17) is 0 Å². The molecule has 0 aliphatic carbocycles. The fourth-order valence-electron chi connectivity index (χ4n) is 2.42. The number of nitrogens with zero attached hydrogens (tertiary/aromatic N) is 2. The van der Waals surface area contributed by atoms with Crippen LogP contribution in [0.25, 0.3) is 0 Å². The summed E-state index contributed by atoms with van der Waals surface area (Å²) in [6, 6.07) is 5.40. The predicted octanol–water partition coefficient (Wildman–Crippen LogP) is 2.76. The number of nitrogens with one attached hydrogen (secondary N) is 2. The van der Waals surface area contributed by atoms with E-state index in [0.29, 0.717) is 10.8 Å². The molecule has 2 amide bonds. The third kappa shape index (κ3) is 5.37. The largest absolute Gasteiger partial charge is 0.326 e. The maximum absolute atomic E-state index is 13.0. The molecule has 0 aliphatic rings. The van der Waals surface area contributed by atoms with Crippen molar-refractivity contribution >= 4 is 44.0 Å². The molecule has 0 saturated carbocycles. The van der Waals surface area contributed by atoms with E-state index < -0.39 is 22.0 Å². The van der Waals surface area contributed by atoms with Gasteiger partial charge in [0.2, 0.25) is 21.8 Å². The third-order valence-electron chi connectivity index (χ3n) is 3.93. The zero-order valence-corrected chi connectivity index (χ0v) is 18.1. The molecule has 10 heteroatoms. The van der Waals surface area contributed by atoms with E-state index in [-0.39, 0.29) is 17.3 Å². The van der Waals surface area contributed by atoms with Gasteiger partial charge >= 0.3 is 0 Å². The van der Waals surface area contributed by atoms with Crippen LogP contribution in [0.5, 0.6) is 0 Å². The Kier molecular flexibility index (Phi) is 6.91. The average Bonchev–Trinajstić information content (AvgIpc) is 2.89. The molecule has 0 atom stereocenters. The highest BCUT2D eigenvalue weighted by Gasteiger charge is 2.29. The van der Waals surface area contributed by atoms with Crippen LogP contribution in [-0.2, 0) is 19.6 Å². The first kappa shape index (κ1) is 22.0. The van der Waals surface area contributed by atoms with Crippen LogP contribution < -0.4 is 10.6 Å². The average molecular weight is 425 g/mol.